The molecule has 0 fully saturated rings. The molecule has 6 heteroatoms. The lowest BCUT2D eigenvalue weighted by Gasteiger charge is -2.07. The molecule has 0 bridgehead atoms. The number of nitro benzene ring substituents is 1. The van der Waals surface area contributed by atoms with E-state index in [0.717, 1.165) is 12.6 Å². The van der Waals surface area contributed by atoms with Crippen LogP contribution < -0.4 is 10.6 Å². The predicted octanol–water partition coefficient (Wildman–Crippen LogP) is 1.76. The van der Waals surface area contributed by atoms with Gasteiger partial charge in [0, 0.05) is 19.2 Å². The largest absolute Gasteiger partial charge is 0.381 e. The molecule has 2 N–H and O–H groups in total. The minimum Gasteiger partial charge on any atom is -0.381 e. The molecule has 0 heterocycles. The van der Waals surface area contributed by atoms with Crippen molar-refractivity contribution < 1.29 is 9.31 Å². The highest BCUT2D eigenvalue weighted by molar-refractivity contribution is 5.50. The lowest BCUT2D eigenvalue weighted by molar-refractivity contribution is -0.385. The summed E-state index contributed by atoms with van der Waals surface area (Å²) in [5, 5.41) is 16.3. The van der Waals surface area contributed by atoms with Crippen LogP contribution in [0.3, 0.4) is 0 Å². The summed E-state index contributed by atoms with van der Waals surface area (Å²) in [6, 6.07) is 3.56. The molecule has 1 aromatic rings. The lowest BCUT2D eigenvalue weighted by atomic mass is 10.2. The Morgan fingerprint density at radius 3 is 2.75 bits per heavy atom. The molecule has 5 nitrogen and oxygen atoms in total. The monoisotopic (exact) mass is 227 g/mol. The molecular weight excluding hydrogens is 213 g/mol. The van der Waals surface area contributed by atoms with Crippen LogP contribution in [0.15, 0.2) is 18.2 Å². The first kappa shape index (κ1) is 12.4. The van der Waals surface area contributed by atoms with Crippen LogP contribution in [-0.4, -0.2) is 24.6 Å². The number of hydrogen-bond acceptors (Lipinski definition) is 4. The number of anilines is 1. The number of non-ortho nitro benzene ring substituents is 1. The van der Waals surface area contributed by atoms with Crippen molar-refractivity contribution in [2.24, 2.45) is 0 Å². The molecule has 0 aliphatic carbocycles. The fourth-order valence-corrected chi connectivity index (χ4v) is 1.22. The fourth-order valence-electron chi connectivity index (χ4n) is 1.22. The Bertz CT molecular complexity index is 371. The standard InChI is InChI=1S/C10H14FN3O2/c1-2-12-5-6-13-10-4-3-8(14(15)16)7-9(10)11/h3-4,7,12-13H,2,5-6H2,1H3. The van der Waals surface area contributed by atoms with E-state index < -0.39 is 10.7 Å². The molecule has 0 amide bonds. The van der Waals surface area contributed by atoms with Crippen LogP contribution in [0, 0.1) is 15.9 Å². The number of likely N-dealkylation sites (N-methyl/N-ethyl adjacent to an activating group) is 1. The molecule has 0 radical (unpaired) electrons. The van der Waals surface area contributed by atoms with Crippen molar-refractivity contribution in [1.29, 1.82) is 0 Å². The van der Waals surface area contributed by atoms with E-state index in [0.29, 0.717) is 13.1 Å². The molecule has 1 rings (SSSR count). The molecule has 1 aromatic carbocycles. The van der Waals surface area contributed by atoms with Gasteiger partial charge in [-0.3, -0.25) is 10.1 Å². The van der Waals surface area contributed by atoms with Gasteiger partial charge in [-0.2, -0.15) is 0 Å². The SMILES string of the molecule is CCNCCNc1ccc([N+](=O)[O-])cc1F. The summed E-state index contributed by atoms with van der Waals surface area (Å²) in [5.41, 5.74) is 0.0400. The third kappa shape index (κ3) is 3.47. The van der Waals surface area contributed by atoms with Gasteiger partial charge in [0.15, 0.2) is 5.82 Å². The molecule has 0 saturated heterocycles. The maximum absolute atomic E-state index is 13.3. The summed E-state index contributed by atoms with van der Waals surface area (Å²) in [6.07, 6.45) is 0. The van der Waals surface area contributed by atoms with Gasteiger partial charge in [-0.25, -0.2) is 4.39 Å². The highest BCUT2D eigenvalue weighted by atomic mass is 19.1. The summed E-state index contributed by atoms with van der Waals surface area (Å²) in [4.78, 5) is 9.75. The number of halogens is 1. The normalized spacial score (nSPS) is 10.1. The van der Waals surface area contributed by atoms with E-state index in [1.54, 1.807) is 0 Å². The van der Waals surface area contributed by atoms with Crippen LogP contribution in [0.4, 0.5) is 15.8 Å². The van der Waals surface area contributed by atoms with Crippen LogP contribution in [0.2, 0.25) is 0 Å². The van der Waals surface area contributed by atoms with Gasteiger partial charge in [-0.15, -0.1) is 0 Å². The Balaban J connectivity index is 2.57. The van der Waals surface area contributed by atoms with Crippen molar-refractivity contribution in [1.82, 2.24) is 5.32 Å². The molecule has 0 spiro atoms. The molecule has 0 aliphatic heterocycles. The first-order valence-corrected chi connectivity index (χ1v) is 5.03. The van der Waals surface area contributed by atoms with E-state index in [-0.39, 0.29) is 11.4 Å². The van der Waals surface area contributed by atoms with Gasteiger partial charge in [-0.05, 0) is 12.6 Å². The van der Waals surface area contributed by atoms with Crippen molar-refractivity contribution >= 4 is 11.4 Å². The summed E-state index contributed by atoms with van der Waals surface area (Å²) >= 11 is 0. The van der Waals surface area contributed by atoms with Crippen LogP contribution in [-0.2, 0) is 0 Å². The number of nitrogens with one attached hydrogen (secondary N) is 2. The zero-order chi connectivity index (χ0) is 12.0. The molecule has 0 aliphatic rings. The zero-order valence-corrected chi connectivity index (χ0v) is 9.00. The van der Waals surface area contributed by atoms with Gasteiger partial charge in [0.05, 0.1) is 16.7 Å². The second kappa shape index (κ2) is 6.02. The Hall–Kier alpha value is -1.69. The van der Waals surface area contributed by atoms with E-state index in [9.17, 15) is 14.5 Å². The minimum absolute atomic E-state index is 0.241. The van der Waals surface area contributed by atoms with Crippen LogP contribution >= 0.6 is 0 Å². The number of benzene rings is 1. The van der Waals surface area contributed by atoms with E-state index in [2.05, 4.69) is 10.6 Å². The summed E-state index contributed by atoms with van der Waals surface area (Å²) < 4.78 is 13.3. The molecule has 0 saturated carbocycles. The second-order valence-corrected chi connectivity index (χ2v) is 3.20. The summed E-state index contributed by atoms with van der Waals surface area (Å²) in [6.45, 7) is 4.12. The molecule has 0 aromatic heterocycles. The van der Waals surface area contributed by atoms with Gasteiger partial charge >= 0.3 is 0 Å². The van der Waals surface area contributed by atoms with Crippen molar-refractivity contribution in [2.45, 2.75) is 6.92 Å². The van der Waals surface area contributed by atoms with Gasteiger partial charge in [0.1, 0.15) is 0 Å². The van der Waals surface area contributed by atoms with E-state index in [1.165, 1.54) is 12.1 Å². The van der Waals surface area contributed by atoms with E-state index in [4.69, 9.17) is 0 Å². The maximum Gasteiger partial charge on any atom is 0.272 e. The van der Waals surface area contributed by atoms with Crippen LogP contribution in [0.25, 0.3) is 0 Å². The Labute approximate surface area is 92.8 Å². The van der Waals surface area contributed by atoms with Gasteiger partial charge < -0.3 is 10.6 Å². The second-order valence-electron chi connectivity index (χ2n) is 3.20. The molecule has 0 atom stereocenters. The van der Waals surface area contributed by atoms with Gasteiger partial charge in [-0.1, -0.05) is 6.92 Å². The van der Waals surface area contributed by atoms with Gasteiger partial charge in [0.2, 0.25) is 0 Å². The smallest absolute Gasteiger partial charge is 0.272 e. The summed E-state index contributed by atoms with van der Waals surface area (Å²) in [5.74, 6) is -0.606. The fraction of sp³-hybridized carbons (Fsp3) is 0.400. The zero-order valence-electron chi connectivity index (χ0n) is 9.00. The quantitative estimate of drug-likeness (QED) is 0.441. The third-order valence-electron chi connectivity index (χ3n) is 2.03. The third-order valence-corrected chi connectivity index (χ3v) is 2.03. The first-order valence-electron chi connectivity index (χ1n) is 5.03. The molecule has 88 valence electrons. The maximum atomic E-state index is 13.3. The first-order chi connectivity index (χ1) is 7.65. The van der Waals surface area contributed by atoms with Crippen molar-refractivity contribution in [3.63, 3.8) is 0 Å². The molecular formula is C10H14FN3O2. The van der Waals surface area contributed by atoms with Crippen LogP contribution in [0.5, 0.6) is 0 Å². The van der Waals surface area contributed by atoms with E-state index in [1.807, 2.05) is 6.92 Å². The van der Waals surface area contributed by atoms with Crippen LogP contribution in [0.1, 0.15) is 6.92 Å². The Kier molecular flexibility index (Phi) is 4.65. The highest BCUT2D eigenvalue weighted by Crippen LogP contribution is 2.19. The Morgan fingerprint density at radius 2 is 2.19 bits per heavy atom. The van der Waals surface area contributed by atoms with Crippen molar-refractivity contribution in [3.8, 4) is 0 Å². The lowest BCUT2D eigenvalue weighted by Crippen LogP contribution is -2.21. The summed E-state index contributed by atoms with van der Waals surface area (Å²) in [7, 11) is 0. The van der Waals surface area contributed by atoms with Gasteiger partial charge in [0.25, 0.3) is 5.69 Å². The van der Waals surface area contributed by atoms with E-state index >= 15 is 0 Å². The number of nitrogens with zero attached hydrogens (tertiary/aromatic N) is 1. The van der Waals surface area contributed by atoms with Crippen molar-refractivity contribution in [2.75, 3.05) is 25.0 Å². The average molecular weight is 227 g/mol. The number of nitro groups is 1. The topological polar surface area (TPSA) is 67.2 Å². The molecule has 0 unspecified atom stereocenters. The number of hydrogen-bond donors (Lipinski definition) is 2. The average Bonchev–Trinajstić information content (AvgIpc) is 2.26. The Morgan fingerprint density at radius 1 is 1.44 bits per heavy atom. The van der Waals surface area contributed by atoms with Crippen molar-refractivity contribution in [3.05, 3.63) is 34.1 Å². The molecule has 16 heavy (non-hydrogen) atoms. The predicted molar refractivity (Wildman–Crippen MR) is 60.1 cm³/mol. The highest BCUT2D eigenvalue weighted by Gasteiger charge is 2.09. The number of rotatable bonds is 6. The minimum atomic E-state index is -0.620.